The maximum Gasteiger partial charge on any atom is 0.0207 e. The van der Waals surface area contributed by atoms with Crippen LogP contribution in [0.2, 0.25) is 0 Å². The first kappa shape index (κ1) is 9.79. The summed E-state index contributed by atoms with van der Waals surface area (Å²) in [4.78, 5) is 0. The third-order valence-electron chi connectivity index (χ3n) is 1.81. The molecule has 0 bridgehead atoms. The third kappa shape index (κ3) is 2.98. The van der Waals surface area contributed by atoms with E-state index in [1.807, 2.05) is 6.07 Å². The molecule has 0 aliphatic rings. The number of benzene rings is 1. The van der Waals surface area contributed by atoms with Crippen LogP contribution in [0.1, 0.15) is 25.3 Å². The summed E-state index contributed by atoms with van der Waals surface area (Å²) in [5.41, 5.74) is 1.38. The lowest BCUT2D eigenvalue weighted by molar-refractivity contribution is 0.863. The lowest BCUT2D eigenvalue weighted by Gasteiger charge is -2.02. The van der Waals surface area contributed by atoms with Crippen molar-refractivity contribution in [3.8, 4) is 0 Å². The van der Waals surface area contributed by atoms with Crippen LogP contribution in [0, 0.1) is 6.42 Å². The molecule has 1 aromatic carbocycles. The highest BCUT2D eigenvalue weighted by Gasteiger charge is 1.96. The second kappa shape index (κ2) is 5.36. The highest BCUT2D eigenvalue weighted by Crippen LogP contribution is 2.17. The second-order valence-electron chi connectivity index (χ2n) is 2.87. The first-order valence-electron chi connectivity index (χ1n) is 4.39. The van der Waals surface area contributed by atoms with Crippen molar-refractivity contribution in [3.63, 3.8) is 0 Å². The normalized spacial score (nSPS) is 10.2. The van der Waals surface area contributed by atoms with E-state index in [-0.39, 0.29) is 0 Å². The molecule has 0 spiro atoms. The van der Waals surface area contributed by atoms with Gasteiger partial charge in [-0.05, 0) is 24.5 Å². The fourth-order valence-electron chi connectivity index (χ4n) is 1.13. The van der Waals surface area contributed by atoms with Gasteiger partial charge in [0.1, 0.15) is 0 Å². The number of unbranched alkanes of at least 4 members (excludes halogenated alkanes) is 2. The molecule has 0 fully saturated rings. The molecule has 0 nitrogen and oxygen atoms in total. The van der Waals surface area contributed by atoms with E-state index in [1.165, 1.54) is 22.9 Å². The Hall–Kier alpha value is -0.300. The van der Waals surface area contributed by atoms with Crippen LogP contribution >= 0.6 is 15.9 Å². The first-order chi connectivity index (χ1) is 5.84. The van der Waals surface area contributed by atoms with E-state index in [1.54, 1.807) is 0 Å². The minimum atomic E-state index is 1.08. The van der Waals surface area contributed by atoms with Crippen molar-refractivity contribution in [3.05, 3.63) is 40.7 Å². The molecule has 0 atom stereocenters. The summed E-state index contributed by atoms with van der Waals surface area (Å²) in [5, 5.41) is 0. The summed E-state index contributed by atoms with van der Waals surface area (Å²) in [5.74, 6) is 0. The Bertz CT molecular complexity index is 230. The Morgan fingerprint density at radius 3 is 2.75 bits per heavy atom. The summed E-state index contributed by atoms with van der Waals surface area (Å²) >= 11 is 3.53. The monoisotopic (exact) mass is 225 g/mol. The Balaban J connectivity index is 2.46. The fraction of sp³-hybridized carbons (Fsp3) is 0.364. The predicted molar refractivity (Wildman–Crippen MR) is 57.1 cm³/mol. The maximum absolute atomic E-state index is 3.53. The minimum absolute atomic E-state index is 1.08. The quantitative estimate of drug-likeness (QED) is 0.681. The van der Waals surface area contributed by atoms with Gasteiger partial charge in [-0.2, -0.15) is 0 Å². The van der Waals surface area contributed by atoms with E-state index in [9.17, 15) is 0 Å². The molecule has 0 aromatic heterocycles. The molecule has 1 rings (SSSR count). The maximum atomic E-state index is 3.53. The molecule has 12 heavy (non-hydrogen) atoms. The van der Waals surface area contributed by atoms with Crippen LogP contribution in [-0.4, -0.2) is 0 Å². The molecule has 0 saturated carbocycles. The van der Waals surface area contributed by atoms with E-state index < -0.39 is 0 Å². The SMILES string of the molecule is CCC[CH]Cc1ccccc1Br. The average Bonchev–Trinajstić information content (AvgIpc) is 2.09. The van der Waals surface area contributed by atoms with Crippen molar-refractivity contribution < 1.29 is 0 Å². The summed E-state index contributed by atoms with van der Waals surface area (Å²) in [7, 11) is 0. The van der Waals surface area contributed by atoms with Gasteiger partial charge in [-0.1, -0.05) is 53.9 Å². The van der Waals surface area contributed by atoms with E-state index in [2.05, 4.69) is 47.5 Å². The van der Waals surface area contributed by atoms with Gasteiger partial charge in [0, 0.05) is 4.47 Å². The minimum Gasteiger partial charge on any atom is -0.0654 e. The van der Waals surface area contributed by atoms with Crippen LogP contribution in [0.3, 0.4) is 0 Å². The average molecular weight is 226 g/mol. The zero-order chi connectivity index (χ0) is 8.81. The van der Waals surface area contributed by atoms with Crippen LogP contribution in [0.4, 0.5) is 0 Å². The van der Waals surface area contributed by atoms with Crippen LogP contribution in [0.25, 0.3) is 0 Å². The van der Waals surface area contributed by atoms with Crippen LogP contribution in [0.15, 0.2) is 28.7 Å². The first-order valence-corrected chi connectivity index (χ1v) is 5.19. The molecular weight excluding hydrogens is 212 g/mol. The molecule has 1 radical (unpaired) electrons. The van der Waals surface area contributed by atoms with E-state index >= 15 is 0 Å². The molecule has 0 heterocycles. The van der Waals surface area contributed by atoms with Crippen molar-refractivity contribution in [1.29, 1.82) is 0 Å². The Morgan fingerprint density at radius 1 is 1.33 bits per heavy atom. The fourth-order valence-corrected chi connectivity index (χ4v) is 1.57. The van der Waals surface area contributed by atoms with Gasteiger partial charge in [0.25, 0.3) is 0 Å². The number of halogens is 1. The molecule has 0 unspecified atom stereocenters. The molecule has 0 aliphatic carbocycles. The summed E-state index contributed by atoms with van der Waals surface area (Å²) in [6.45, 7) is 2.20. The topological polar surface area (TPSA) is 0 Å². The number of rotatable bonds is 4. The molecule has 65 valence electrons. The zero-order valence-corrected chi connectivity index (χ0v) is 8.97. The summed E-state index contributed by atoms with van der Waals surface area (Å²) < 4.78 is 1.22. The lowest BCUT2D eigenvalue weighted by Crippen LogP contribution is -1.86. The van der Waals surface area contributed by atoms with Gasteiger partial charge < -0.3 is 0 Å². The third-order valence-corrected chi connectivity index (χ3v) is 2.59. The lowest BCUT2D eigenvalue weighted by atomic mass is 10.1. The standard InChI is InChI=1S/C11H14Br/c1-2-3-4-7-10-8-5-6-9-11(10)12/h4-6,8-9H,2-3,7H2,1H3. The number of hydrogen-bond donors (Lipinski definition) is 0. The number of hydrogen-bond acceptors (Lipinski definition) is 0. The van der Waals surface area contributed by atoms with E-state index in [0.29, 0.717) is 0 Å². The van der Waals surface area contributed by atoms with Crippen molar-refractivity contribution in [2.24, 2.45) is 0 Å². The van der Waals surface area contributed by atoms with Crippen LogP contribution in [0.5, 0.6) is 0 Å². The predicted octanol–water partition coefficient (Wildman–Crippen LogP) is 4.00. The van der Waals surface area contributed by atoms with Gasteiger partial charge in [-0.3, -0.25) is 0 Å². The van der Waals surface area contributed by atoms with Crippen molar-refractivity contribution in [1.82, 2.24) is 0 Å². The zero-order valence-electron chi connectivity index (χ0n) is 7.39. The van der Waals surface area contributed by atoms with Crippen molar-refractivity contribution in [2.45, 2.75) is 26.2 Å². The van der Waals surface area contributed by atoms with Crippen LogP contribution < -0.4 is 0 Å². The second-order valence-corrected chi connectivity index (χ2v) is 3.73. The van der Waals surface area contributed by atoms with E-state index in [4.69, 9.17) is 0 Å². The largest absolute Gasteiger partial charge is 0.0654 e. The molecule has 0 N–H and O–H groups in total. The van der Waals surface area contributed by atoms with Crippen molar-refractivity contribution in [2.75, 3.05) is 0 Å². The Morgan fingerprint density at radius 2 is 2.08 bits per heavy atom. The van der Waals surface area contributed by atoms with Gasteiger partial charge in [-0.15, -0.1) is 0 Å². The molecule has 1 aromatic rings. The van der Waals surface area contributed by atoms with Gasteiger partial charge in [0.15, 0.2) is 0 Å². The molecule has 0 aliphatic heterocycles. The highest BCUT2D eigenvalue weighted by molar-refractivity contribution is 9.10. The highest BCUT2D eigenvalue weighted by atomic mass is 79.9. The van der Waals surface area contributed by atoms with Gasteiger partial charge >= 0.3 is 0 Å². The smallest absolute Gasteiger partial charge is 0.0207 e. The molecule has 1 heteroatoms. The van der Waals surface area contributed by atoms with Gasteiger partial charge in [0.2, 0.25) is 0 Å². The molecule has 0 amide bonds. The summed E-state index contributed by atoms with van der Waals surface area (Å²) in [6, 6.07) is 8.39. The van der Waals surface area contributed by atoms with Gasteiger partial charge in [0.05, 0.1) is 0 Å². The molecular formula is C11H14Br. The van der Waals surface area contributed by atoms with Crippen molar-refractivity contribution >= 4 is 15.9 Å². The van der Waals surface area contributed by atoms with Crippen LogP contribution in [-0.2, 0) is 6.42 Å². The Kier molecular flexibility index (Phi) is 4.37. The summed E-state index contributed by atoms with van der Waals surface area (Å²) in [6.07, 6.45) is 5.86. The van der Waals surface area contributed by atoms with E-state index in [0.717, 1.165) is 6.42 Å². The molecule has 0 saturated heterocycles. The Labute approximate surface area is 83.1 Å². The van der Waals surface area contributed by atoms with Gasteiger partial charge in [-0.25, -0.2) is 0 Å².